The van der Waals surface area contributed by atoms with Crippen LogP contribution in [-0.2, 0) is 6.54 Å². The second-order valence-electron chi connectivity index (χ2n) is 4.12. The molecule has 1 nitrogen and oxygen atoms in total. The summed E-state index contributed by atoms with van der Waals surface area (Å²) < 4.78 is 27.4. The fourth-order valence-corrected chi connectivity index (χ4v) is 2.26. The van der Waals surface area contributed by atoms with Gasteiger partial charge in [-0.25, -0.2) is 8.78 Å². The minimum absolute atomic E-state index is 0.0768. The highest BCUT2D eigenvalue weighted by molar-refractivity contribution is 9.10. The highest BCUT2D eigenvalue weighted by atomic mass is 79.9. The molecular weight excluding hydrogens is 356 g/mol. The summed E-state index contributed by atoms with van der Waals surface area (Å²) in [5.74, 6) is -0.652. The van der Waals surface area contributed by atoms with Crippen LogP contribution in [0.3, 0.4) is 0 Å². The molecule has 0 saturated carbocycles. The lowest BCUT2D eigenvalue weighted by Gasteiger charge is -2.19. The second kappa shape index (κ2) is 6.81. The average Bonchev–Trinajstić information content (AvgIpc) is 2.32. The lowest BCUT2D eigenvalue weighted by molar-refractivity contribution is 0.421. The zero-order valence-corrected chi connectivity index (χ0v) is 12.9. The number of benzene rings is 1. The predicted molar refractivity (Wildman–Crippen MR) is 73.3 cm³/mol. The molecule has 0 spiro atoms. The molecule has 1 aromatic carbocycles. The summed E-state index contributed by atoms with van der Waals surface area (Å²) in [6, 6.07) is 2.83. The number of hydrogen-bond acceptors (Lipinski definition) is 1. The quantitative estimate of drug-likeness (QED) is 0.603. The van der Waals surface area contributed by atoms with Gasteiger partial charge in [0.1, 0.15) is 11.6 Å². The molecule has 5 heteroatoms. The van der Waals surface area contributed by atoms with Crippen LogP contribution in [0.15, 0.2) is 16.6 Å². The Hall–Kier alpha value is -0.0000000000000000555. The van der Waals surface area contributed by atoms with E-state index in [-0.39, 0.29) is 22.6 Å². The van der Waals surface area contributed by atoms with E-state index >= 15 is 0 Å². The Morgan fingerprint density at radius 1 is 1.29 bits per heavy atom. The lowest BCUT2D eigenvalue weighted by Crippen LogP contribution is -2.33. The summed E-state index contributed by atoms with van der Waals surface area (Å²) in [6.45, 7) is 4.26. The van der Waals surface area contributed by atoms with E-state index in [2.05, 4.69) is 44.1 Å². The van der Waals surface area contributed by atoms with Crippen molar-refractivity contribution in [3.05, 3.63) is 33.8 Å². The highest BCUT2D eigenvalue weighted by Crippen LogP contribution is 2.21. The fraction of sp³-hybridized carbons (Fsp3) is 0.500. The van der Waals surface area contributed by atoms with Gasteiger partial charge >= 0.3 is 0 Å². The van der Waals surface area contributed by atoms with Crippen LogP contribution in [0.5, 0.6) is 0 Å². The van der Waals surface area contributed by atoms with Gasteiger partial charge in [-0.15, -0.1) is 0 Å². The van der Waals surface area contributed by atoms with Crippen LogP contribution < -0.4 is 5.32 Å². The molecule has 0 saturated heterocycles. The van der Waals surface area contributed by atoms with Gasteiger partial charge in [0.15, 0.2) is 0 Å². The Bertz CT molecular complexity index is 385. The zero-order valence-electron chi connectivity index (χ0n) is 9.74. The largest absolute Gasteiger partial charge is 0.310 e. The molecule has 2 unspecified atom stereocenters. The Labute approximate surface area is 117 Å². The normalized spacial score (nSPS) is 14.7. The van der Waals surface area contributed by atoms with Crippen LogP contribution in [0.1, 0.15) is 19.4 Å². The van der Waals surface area contributed by atoms with Gasteiger partial charge in [-0.3, -0.25) is 0 Å². The summed E-state index contributed by atoms with van der Waals surface area (Å²) in [7, 11) is 0. The molecule has 0 fully saturated rings. The number of alkyl halides is 1. The Morgan fingerprint density at radius 3 is 2.53 bits per heavy atom. The topological polar surface area (TPSA) is 12.0 Å². The highest BCUT2D eigenvalue weighted by Gasteiger charge is 2.15. The Kier molecular flexibility index (Phi) is 6.03. The third-order valence-electron chi connectivity index (χ3n) is 2.84. The van der Waals surface area contributed by atoms with Crippen LogP contribution >= 0.6 is 31.9 Å². The molecule has 0 aliphatic heterocycles. The number of halogens is 4. The standard InChI is InChI=1S/C12H15Br2F2N/c1-7(5-13)8(2)17-6-9-11(15)4-3-10(14)12(9)16/h3-4,7-8,17H,5-6H2,1-2H3. The van der Waals surface area contributed by atoms with Crippen molar-refractivity contribution in [1.82, 2.24) is 5.32 Å². The molecule has 0 radical (unpaired) electrons. The fourth-order valence-electron chi connectivity index (χ4n) is 1.33. The van der Waals surface area contributed by atoms with Gasteiger partial charge in [-0.1, -0.05) is 22.9 Å². The van der Waals surface area contributed by atoms with E-state index in [9.17, 15) is 8.78 Å². The van der Waals surface area contributed by atoms with Crippen molar-refractivity contribution < 1.29 is 8.78 Å². The van der Waals surface area contributed by atoms with Crippen molar-refractivity contribution in [2.45, 2.75) is 26.4 Å². The SMILES string of the molecule is CC(CBr)C(C)NCc1c(F)ccc(Br)c1F. The van der Waals surface area contributed by atoms with Crippen molar-refractivity contribution >= 4 is 31.9 Å². The second-order valence-corrected chi connectivity index (χ2v) is 5.62. The maximum absolute atomic E-state index is 13.7. The molecule has 1 rings (SSSR count). The van der Waals surface area contributed by atoms with E-state index in [1.165, 1.54) is 12.1 Å². The van der Waals surface area contributed by atoms with Crippen molar-refractivity contribution in [2.24, 2.45) is 5.92 Å². The van der Waals surface area contributed by atoms with Crippen LogP contribution in [0, 0.1) is 17.6 Å². The van der Waals surface area contributed by atoms with E-state index in [4.69, 9.17) is 0 Å². The van der Waals surface area contributed by atoms with Gasteiger partial charge in [0.2, 0.25) is 0 Å². The number of nitrogens with one attached hydrogen (secondary N) is 1. The molecule has 1 N–H and O–H groups in total. The number of hydrogen-bond donors (Lipinski definition) is 1. The molecule has 17 heavy (non-hydrogen) atoms. The molecule has 0 amide bonds. The van der Waals surface area contributed by atoms with Gasteiger partial charge in [-0.2, -0.15) is 0 Å². The molecule has 0 aliphatic rings. The molecule has 1 aromatic rings. The summed E-state index contributed by atoms with van der Waals surface area (Å²) in [6.07, 6.45) is 0. The minimum atomic E-state index is -0.531. The molecular formula is C12H15Br2F2N. The van der Waals surface area contributed by atoms with Crippen LogP contribution in [-0.4, -0.2) is 11.4 Å². The minimum Gasteiger partial charge on any atom is -0.310 e. The van der Waals surface area contributed by atoms with Gasteiger partial charge in [0.05, 0.1) is 4.47 Å². The van der Waals surface area contributed by atoms with Gasteiger partial charge in [0.25, 0.3) is 0 Å². The summed E-state index contributed by atoms with van der Waals surface area (Å²) in [4.78, 5) is 0. The zero-order chi connectivity index (χ0) is 13.0. The monoisotopic (exact) mass is 369 g/mol. The first kappa shape index (κ1) is 15.1. The van der Waals surface area contributed by atoms with E-state index < -0.39 is 11.6 Å². The third kappa shape index (κ3) is 4.00. The van der Waals surface area contributed by atoms with Crippen LogP contribution in [0.2, 0.25) is 0 Å². The Morgan fingerprint density at radius 2 is 1.94 bits per heavy atom. The predicted octanol–water partition coefficient (Wildman–Crippen LogP) is 4.24. The molecule has 0 bridgehead atoms. The number of rotatable bonds is 5. The van der Waals surface area contributed by atoms with Crippen molar-refractivity contribution in [3.8, 4) is 0 Å². The maximum atomic E-state index is 13.7. The van der Waals surface area contributed by atoms with Gasteiger partial charge in [0, 0.05) is 23.5 Å². The summed E-state index contributed by atoms with van der Waals surface area (Å²) in [5, 5.41) is 3.98. The van der Waals surface area contributed by atoms with Crippen molar-refractivity contribution in [3.63, 3.8) is 0 Å². The van der Waals surface area contributed by atoms with Crippen LogP contribution in [0.4, 0.5) is 8.78 Å². The van der Waals surface area contributed by atoms with E-state index in [1.807, 2.05) is 6.92 Å². The van der Waals surface area contributed by atoms with Crippen LogP contribution in [0.25, 0.3) is 0 Å². The molecule has 0 aliphatic carbocycles. The van der Waals surface area contributed by atoms with Crippen molar-refractivity contribution in [1.29, 1.82) is 0 Å². The summed E-state index contributed by atoms with van der Waals surface area (Å²) >= 11 is 6.44. The molecule has 0 heterocycles. The van der Waals surface area contributed by atoms with Crippen molar-refractivity contribution in [2.75, 3.05) is 5.33 Å². The lowest BCUT2D eigenvalue weighted by atomic mass is 10.1. The molecule has 2 atom stereocenters. The maximum Gasteiger partial charge on any atom is 0.144 e. The smallest absolute Gasteiger partial charge is 0.144 e. The first-order valence-electron chi connectivity index (χ1n) is 5.39. The first-order chi connectivity index (χ1) is 7.97. The first-order valence-corrected chi connectivity index (χ1v) is 7.30. The molecule has 0 aromatic heterocycles. The third-order valence-corrected chi connectivity index (χ3v) is 4.47. The van der Waals surface area contributed by atoms with Gasteiger partial charge < -0.3 is 5.32 Å². The van der Waals surface area contributed by atoms with E-state index in [1.54, 1.807) is 0 Å². The molecule has 96 valence electrons. The van der Waals surface area contributed by atoms with Gasteiger partial charge in [-0.05, 0) is 40.9 Å². The average molecular weight is 371 g/mol. The summed E-state index contributed by atoms with van der Waals surface area (Å²) in [5.41, 5.74) is 0.0768. The van der Waals surface area contributed by atoms with E-state index in [0.29, 0.717) is 5.92 Å². The Balaban J connectivity index is 2.72. The van der Waals surface area contributed by atoms with E-state index in [0.717, 1.165) is 5.33 Å².